The summed E-state index contributed by atoms with van der Waals surface area (Å²) in [5.74, 6) is 0.716. The molecule has 0 radical (unpaired) electrons. The first kappa shape index (κ1) is 13.6. The molecule has 1 saturated heterocycles. The first-order chi connectivity index (χ1) is 9.52. The lowest BCUT2D eigenvalue weighted by atomic mass is 9.79. The predicted octanol–water partition coefficient (Wildman–Crippen LogP) is 2.33. The van der Waals surface area contributed by atoms with Gasteiger partial charge in [-0.25, -0.2) is 4.39 Å². The number of hydrogen-bond acceptors (Lipinski definition) is 2. The molecule has 1 aliphatic carbocycles. The van der Waals surface area contributed by atoms with E-state index in [0.717, 1.165) is 37.9 Å². The van der Waals surface area contributed by atoms with Crippen molar-refractivity contribution in [1.82, 2.24) is 4.90 Å². The fraction of sp³-hybridized carbons (Fsp3) is 0.562. The molecule has 20 heavy (non-hydrogen) atoms. The van der Waals surface area contributed by atoms with Crippen molar-refractivity contribution in [2.24, 2.45) is 17.6 Å². The van der Waals surface area contributed by atoms with Crippen LogP contribution in [0.3, 0.4) is 0 Å². The Kier molecular flexibility index (Phi) is 3.50. The van der Waals surface area contributed by atoms with E-state index < -0.39 is 0 Å². The Bertz CT molecular complexity index is 511. The molecule has 1 heterocycles. The standard InChI is InChI=1S/C16H21FN2O/c1-10-4-12(6-14(17)5-10)16(20)19-8-11-2-3-15(18)7-13(11)9-19/h4-6,11,13,15H,2-3,7-9,18H2,1H3/t11-,13+,15?/m1/s1. The van der Waals surface area contributed by atoms with Gasteiger partial charge in [0.25, 0.3) is 5.91 Å². The van der Waals surface area contributed by atoms with Gasteiger partial charge in [-0.3, -0.25) is 4.79 Å². The lowest BCUT2D eigenvalue weighted by Crippen LogP contribution is -2.32. The Labute approximate surface area is 118 Å². The number of fused-ring (bicyclic) bond motifs is 1. The predicted molar refractivity (Wildman–Crippen MR) is 75.8 cm³/mol. The molecule has 1 aliphatic heterocycles. The number of likely N-dealkylation sites (tertiary alicyclic amines) is 1. The van der Waals surface area contributed by atoms with Crippen LogP contribution in [0.2, 0.25) is 0 Å². The average molecular weight is 276 g/mol. The molecular weight excluding hydrogens is 255 g/mol. The van der Waals surface area contributed by atoms with Gasteiger partial charge < -0.3 is 10.6 Å². The summed E-state index contributed by atoms with van der Waals surface area (Å²) >= 11 is 0. The van der Waals surface area contributed by atoms with Crippen LogP contribution in [0.25, 0.3) is 0 Å². The number of aryl methyl sites for hydroxylation is 1. The molecule has 3 atom stereocenters. The molecule has 3 rings (SSSR count). The first-order valence-electron chi connectivity index (χ1n) is 7.35. The van der Waals surface area contributed by atoms with Crippen molar-refractivity contribution >= 4 is 5.91 Å². The van der Waals surface area contributed by atoms with Crippen LogP contribution in [0.4, 0.5) is 4.39 Å². The fourth-order valence-corrected chi connectivity index (χ4v) is 3.68. The third-order valence-electron chi connectivity index (χ3n) is 4.67. The van der Waals surface area contributed by atoms with Gasteiger partial charge in [-0.15, -0.1) is 0 Å². The van der Waals surface area contributed by atoms with Gasteiger partial charge in [-0.05, 0) is 61.8 Å². The topological polar surface area (TPSA) is 46.3 Å². The van der Waals surface area contributed by atoms with Gasteiger partial charge in [0.1, 0.15) is 5.82 Å². The highest BCUT2D eigenvalue weighted by Gasteiger charge is 2.38. The lowest BCUT2D eigenvalue weighted by Gasteiger charge is -2.27. The number of carbonyl (C=O) groups is 1. The van der Waals surface area contributed by atoms with Gasteiger partial charge in [-0.2, -0.15) is 0 Å². The van der Waals surface area contributed by atoms with Crippen LogP contribution in [-0.4, -0.2) is 29.9 Å². The van der Waals surface area contributed by atoms with Gasteiger partial charge in [0.2, 0.25) is 0 Å². The van der Waals surface area contributed by atoms with Crippen molar-refractivity contribution in [2.75, 3.05) is 13.1 Å². The van der Waals surface area contributed by atoms with E-state index in [2.05, 4.69) is 0 Å². The van der Waals surface area contributed by atoms with Crippen LogP contribution >= 0.6 is 0 Å². The van der Waals surface area contributed by atoms with E-state index in [0.29, 0.717) is 17.4 Å². The Morgan fingerprint density at radius 1 is 1.25 bits per heavy atom. The molecule has 0 spiro atoms. The fourth-order valence-electron chi connectivity index (χ4n) is 3.68. The number of rotatable bonds is 1. The van der Waals surface area contributed by atoms with Gasteiger partial charge in [0.15, 0.2) is 0 Å². The summed E-state index contributed by atoms with van der Waals surface area (Å²) in [5.41, 5.74) is 7.26. The SMILES string of the molecule is Cc1cc(F)cc(C(=O)N2C[C@H]3CCC(N)C[C@H]3C2)c1. The van der Waals surface area contributed by atoms with Gasteiger partial charge in [-0.1, -0.05) is 0 Å². The van der Waals surface area contributed by atoms with Crippen molar-refractivity contribution in [3.8, 4) is 0 Å². The minimum absolute atomic E-state index is 0.0458. The van der Waals surface area contributed by atoms with E-state index in [9.17, 15) is 9.18 Å². The molecule has 1 amide bonds. The minimum atomic E-state index is -0.341. The molecule has 4 heteroatoms. The maximum absolute atomic E-state index is 13.4. The van der Waals surface area contributed by atoms with Crippen LogP contribution < -0.4 is 5.73 Å². The molecule has 1 unspecified atom stereocenters. The summed E-state index contributed by atoms with van der Waals surface area (Å²) in [5, 5.41) is 0. The quantitative estimate of drug-likeness (QED) is 0.855. The monoisotopic (exact) mass is 276 g/mol. The van der Waals surface area contributed by atoms with E-state index in [1.54, 1.807) is 6.07 Å². The summed E-state index contributed by atoms with van der Waals surface area (Å²) in [6.45, 7) is 3.38. The van der Waals surface area contributed by atoms with Crippen molar-refractivity contribution < 1.29 is 9.18 Å². The van der Waals surface area contributed by atoms with E-state index in [-0.39, 0.29) is 17.8 Å². The molecule has 0 aromatic heterocycles. The maximum atomic E-state index is 13.4. The summed E-state index contributed by atoms with van der Waals surface area (Å²) < 4.78 is 13.4. The number of nitrogens with zero attached hydrogens (tertiary/aromatic N) is 1. The van der Waals surface area contributed by atoms with Crippen molar-refractivity contribution in [2.45, 2.75) is 32.2 Å². The largest absolute Gasteiger partial charge is 0.338 e. The highest BCUT2D eigenvalue weighted by molar-refractivity contribution is 5.94. The van der Waals surface area contributed by atoms with E-state index in [4.69, 9.17) is 5.73 Å². The molecule has 1 saturated carbocycles. The van der Waals surface area contributed by atoms with Crippen molar-refractivity contribution in [1.29, 1.82) is 0 Å². The Morgan fingerprint density at radius 2 is 2.00 bits per heavy atom. The second-order valence-electron chi connectivity index (χ2n) is 6.32. The minimum Gasteiger partial charge on any atom is -0.338 e. The Hall–Kier alpha value is -1.42. The molecule has 2 fully saturated rings. The number of halogens is 1. The molecule has 2 aliphatic rings. The second-order valence-corrected chi connectivity index (χ2v) is 6.32. The van der Waals surface area contributed by atoms with Gasteiger partial charge in [0, 0.05) is 24.7 Å². The highest BCUT2D eigenvalue weighted by Crippen LogP contribution is 2.36. The molecule has 3 nitrogen and oxygen atoms in total. The molecule has 108 valence electrons. The molecule has 2 N–H and O–H groups in total. The van der Waals surface area contributed by atoms with Gasteiger partial charge in [0.05, 0.1) is 0 Å². The lowest BCUT2D eigenvalue weighted by molar-refractivity contribution is 0.0783. The van der Waals surface area contributed by atoms with Crippen LogP contribution in [0.5, 0.6) is 0 Å². The third kappa shape index (κ3) is 2.57. The average Bonchev–Trinajstić information content (AvgIpc) is 2.79. The van der Waals surface area contributed by atoms with E-state index >= 15 is 0 Å². The van der Waals surface area contributed by atoms with E-state index in [1.807, 2.05) is 11.8 Å². The van der Waals surface area contributed by atoms with Crippen LogP contribution in [0.15, 0.2) is 18.2 Å². The number of hydrogen-bond donors (Lipinski definition) is 1. The second kappa shape index (κ2) is 5.17. The zero-order chi connectivity index (χ0) is 14.3. The number of amides is 1. The zero-order valence-electron chi connectivity index (χ0n) is 11.8. The van der Waals surface area contributed by atoms with Gasteiger partial charge >= 0.3 is 0 Å². The maximum Gasteiger partial charge on any atom is 0.253 e. The number of carbonyl (C=O) groups excluding carboxylic acids is 1. The van der Waals surface area contributed by atoms with Crippen LogP contribution in [0, 0.1) is 24.6 Å². The third-order valence-corrected chi connectivity index (χ3v) is 4.67. The van der Waals surface area contributed by atoms with Crippen LogP contribution in [0.1, 0.15) is 35.2 Å². The van der Waals surface area contributed by atoms with E-state index in [1.165, 1.54) is 12.1 Å². The normalized spacial score (nSPS) is 29.4. The summed E-state index contributed by atoms with van der Waals surface area (Å²) in [4.78, 5) is 14.4. The number of benzene rings is 1. The van der Waals surface area contributed by atoms with Crippen LogP contribution in [-0.2, 0) is 0 Å². The number of nitrogens with two attached hydrogens (primary N) is 1. The first-order valence-corrected chi connectivity index (χ1v) is 7.35. The molecule has 1 aromatic carbocycles. The summed E-state index contributed by atoms with van der Waals surface area (Å²) in [7, 11) is 0. The Morgan fingerprint density at radius 3 is 2.75 bits per heavy atom. The summed E-state index contributed by atoms with van der Waals surface area (Å²) in [6, 6.07) is 4.82. The summed E-state index contributed by atoms with van der Waals surface area (Å²) in [6.07, 6.45) is 3.18. The zero-order valence-corrected chi connectivity index (χ0v) is 11.8. The smallest absolute Gasteiger partial charge is 0.253 e. The van der Waals surface area contributed by atoms with Crippen molar-refractivity contribution in [3.05, 3.63) is 35.1 Å². The molecular formula is C16H21FN2O. The highest BCUT2D eigenvalue weighted by atomic mass is 19.1. The molecule has 1 aromatic rings. The van der Waals surface area contributed by atoms with Crippen molar-refractivity contribution in [3.63, 3.8) is 0 Å². The Balaban J connectivity index is 1.75. The molecule has 0 bridgehead atoms.